The Bertz CT molecular complexity index is 412. The molecule has 4 nitrogen and oxygen atoms in total. The number of hydrogen-bond acceptors (Lipinski definition) is 4. The summed E-state index contributed by atoms with van der Waals surface area (Å²) in [5.41, 5.74) is 1.97. The maximum absolute atomic E-state index is 9.64. The van der Waals surface area contributed by atoms with Crippen LogP contribution in [0.3, 0.4) is 0 Å². The number of rotatable bonds is 8. The minimum Gasteiger partial charge on any atom is -0.389 e. The van der Waals surface area contributed by atoms with E-state index >= 15 is 0 Å². The Labute approximate surface area is 129 Å². The van der Waals surface area contributed by atoms with Gasteiger partial charge in [0.15, 0.2) is 0 Å². The van der Waals surface area contributed by atoms with Gasteiger partial charge in [-0.1, -0.05) is 6.07 Å². The van der Waals surface area contributed by atoms with Crippen LogP contribution >= 0.6 is 15.9 Å². The van der Waals surface area contributed by atoms with Crippen LogP contribution in [0.1, 0.15) is 25.5 Å². The fraction of sp³-hybridized carbons (Fsp3) is 0.600. The molecular weight excluding hydrogens is 322 g/mol. The van der Waals surface area contributed by atoms with Gasteiger partial charge in [-0.3, -0.25) is 0 Å². The van der Waals surface area contributed by atoms with Crippen LogP contribution in [0.4, 0.5) is 5.69 Å². The molecule has 1 rings (SSSR count). The first-order chi connectivity index (χ1) is 9.51. The molecule has 0 spiro atoms. The number of halogens is 1. The lowest BCUT2D eigenvalue weighted by Crippen LogP contribution is -2.38. The van der Waals surface area contributed by atoms with Crippen LogP contribution in [-0.2, 0) is 9.47 Å². The van der Waals surface area contributed by atoms with E-state index in [4.69, 9.17) is 9.47 Å². The Balaban J connectivity index is 3.00. The number of aliphatic hydroxyl groups excluding tert-OH is 1. The van der Waals surface area contributed by atoms with Gasteiger partial charge in [0.25, 0.3) is 0 Å². The minimum atomic E-state index is -0.468. The molecular formula is C15H24BrNO3. The third-order valence-corrected chi connectivity index (χ3v) is 3.87. The van der Waals surface area contributed by atoms with Crippen LogP contribution < -0.4 is 4.90 Å². The van der Waals surface area contributed by atoms with Crippen molar-refractivity contribution in [2.45, 2.75) is 26.0 Å². The fourth-order valence-electron chi connectivity index (χ4n) is 2.12. The number of anilines is 1. The van der Waals surface area contributed by atoms with Gasteiger partial charge < -0.3 is 19.5 Å². The maximum atomic E-state index is 9.64. The number of benzene rings is 1. The van der Waals surface area contributed by atoms with Crippen molar-refractivity contribution in [1.82, 2.24) is 0 Å². The molecule has 2 atom stereocenters. The van der Waals surface area contributed by atoms with Gasteiger partial charge in [-0.15, -0.1) is 0 Å². The van der Waals surface area contributed by atoms with Gasteiger partial charge in [-0.25, -0.2) is 0 Å². The third-order valence-electron chi connectivity index (χ3n) is 3.24. The zero-order valence-electron chi connectivity index (χ0n) is 12.6. The first kappa shape index (κ1) is 17.4. The Morgan fingerprint density at radius 3 is 2.45 bits per heavy atom. The van der Waals surface area contributed by atoms with Crippen molar-refractivity contribution >= 4 is 21.6 Å². The van der Waals surface area contributed by atoms with Crippen LogP contribution in [0.5, 0.6) is 0 Å². The quantitative estimate of drug-likeness (QED) is 0.786. The van der Waals surface area contributed by atoms with E-state index in [9.17, 15) is 5.11 Å². The lowest BCUT2D eigenvalue weighted by Gasteiger charge is -2.32. The number of methoxy groups -OCH3 is 2. The zero-order valence-corrected chi connectivity index (χ0v) is 14.2. The van der Waals surface area contributed by atoms with Gasteiger partial charge in [0, 0.05) is 31.3 Å². The molecule has 20 heavy (non-hydrogen) atoms. The van der Waals surface area contributed by atoms with E-state index < -0.39 is 6.10 Å². The van der Waals surface area contributed by atoms with Gasteiger partial charge in [0.05, 0.1) is 25.0 Å². The third kappa shape index (κ3) is 4.74. The molecule has 0 radical (unpaired) electrons. The van der Waals surface area contributed by atoms with Crippen molar-refractivity contribution in [3.63, 3.8) is 0 Å². The smallest absolute Gasteiger partial charge is 0.0762 e. The second-order valence-electron chi connectivity index (χ2n) is 4.88. The molecule has 0 fully saturated rings. The highest BCUT2D eigenvalue weighted by Crippen LogP contribution is 2.30. The van der Waals surface area contributed by atoms with E-state index in [0.717, 1.165) is 22.3 Å². The number of hydrogen-bond donors (Lipinski definition) is 1. The van der Waals surface area contributed by atoms with Crippen molar-refractivity contribution < 1.29 is 14.6 Å². The molecule has 2 unspecified atom stereocenters. The van der Waals surface area contributed by atoms with Gasteiger partial charge in [-0.05, 0) is 47.5 Å². The van der Waals surface area contributed by atoms with Gasteiger partial charge in [-0.2, -0.15) is 0 Å². The summed E-state index contributed by atoms with van der Waals surface area (Å²) in [6.07, 6.45) is -0.468. The van der Waals surface area contributed by atoms with Crippen molar-refractivity contribution in [1.29, 1.82) is 0 Å². The number of aliphatic hydroxyl groups is 1. The summed E-state index contributed by atoms with van der Waals surface area (Å²) >= 11 is 3.59. The second kappa shape index (κ2) is 8.62. The molecule has 1 aromatic rings. The largest absolute Gasteiger partial charge is 0.389 e. The average molecular weight is 346 g/mol. The Kier molecular flexibility index (Phi) is 7.51. The molecule has 114 valence electrons. The molecule has 0 saturated heterocycles. The first-order valence-electron chi connectivity index (χ1n) is 6.73. The number of ether oxygens (including phenoxy) is 2. The van der Waals surface area contributed by atoms with E-state index in [0.29, 0.717) is 13.2 Å². The molecule has 0 aliphatic carbocycles. The molecule has 0 bridgehead atoms. The monoisotopic (exact) mass is 345 g/mol. The van der Waals surface area contributed by atoms with Crippen LogP contribution in [-0.4, -0.2) is 45.1 Å². The minimum absolute atomic E-state index is 0.240. The van der Waals surface area contributed by atoms with E-state index in [1.54, 1.807) is 21.1 Å². The summed E-state index contributed by atoms with van der Waals surface area (Å²) < 4.78 is 11.4. The summed E-state index contributed by atoms with van der Waals surface area (Å²) in [6, 6.07) is 6.17. The molecule has 0 aromatic heterocycles. The standard InChI is InChI=1S/C15H24BrNO3/c1-11(10-20-4)17(7-8-19-3)15-6-5-13(12(2)18)9-14(15)16/h5-6,9,11-12,18H,7-8,10H2,1-4H3. The fourth-order valence-corrected chi connectivity index (χ4v) is 2.74. The summed E-state index contributed by atoms with van der Waals surface area (Å²) in [7, 11) is 3.40. The van der Waals surface area contributed by atoms with E-state index in [-0.39, 0.29) is 6.04 Å². The predicted octanol–water partition coefficient (Wildman–Crippen LogP) is 2.99. The summed E-state index contributed by atoms with van der Waals surface area (Å²) in [5.74, 6) is 0. The lowest BCUT2D eigenvalue weighted by atomic mass is 10.1. The Morgan fingerprint density at radius 1 is 1.25 bits per heavy atom. The molecule has 0 aliphatic rings. The van der Waals surface area contributed by atoms with Crippen LogP contribution in [0.15, 0.2) is 22.7 Å². The SMILES string of the molecule is COCCN(c1ccc(C(C)O)cc1Br)C(C)COC. The van der Waals surface area contributed by atoms with Crippen molar-refractivity contribution in [3.8, 4) is 0 Å². The topological polar surface area (TPSA) is 41.9 Å². The Hall–Kier alpha value is -0.620. The molecule has 0 saturated carbocycles. The second-order valence-corrected chi connectivity index (χ2v) is 5.73. The molecule has 0 heterocycles. The van der Waals surface area contributed by atoms with Crippen molar-refractivity contribution in [3.05, 3.63) is 28.2 Å². The number of nitrogens with zero attached hydrogens (tertiary/aromatic N) is 1. The lowest BCUT2D eigenvalue weighted by molar-refractivity contribution is 0.171. The van der Waals surface area contributed by atoms with E-state index in [1.807, 2.05) is 18.2 Å². The summed E-state index contributed by atoms with van der Waals surface area (Å²) in [5, 5.41) is 9.64. The molecule has 5 heteroatoms. The van der Waals surface area contributed by atoms with Crippen LogP contribution in [0.2, 0.25) is 0 Å². The van der Waals surface area contributed by atoms with Gasteiger partial charge in [0.2, 0.25) is 0 Å². The maximum Gasteiger partial charge on any atom is 0.0762 e. The van der Waals surface area contributed by atoms with Crippen molar-refractivity contribution in [2.75, 3.05) is 38.9 Å². The van der Waals surface area contributed by atoms with Crippen LogP contribution in [0.25, 0.3) is 0 Å². The normalized spacial score (nSPS) is 14.1. The zero-order chi connectivity index (χ0) is 15.1. The highest BCUT2D eigenvalue weighted by atomic mass is 79.9. The van der Waals surface area contributed by atoms with Gasteiger partial charge in [0.1, 0.15) is 0 Å². The predicted molar refractivity (Wildman–Crippen MR) is 85.3 cm³/mol. The van der Waals surface area contributed by atoms with Crippen molar-refractivity contribution in [2.24, 2.45) is 0 Å². The Morgan fingerprint density at radius 2 is 1.95 bits per heavy atom. The summed E-state index contributed by atoms with van der Waals surface area (Å²) in [4.78, 5) is 2.24. The molecule has 1 aromatic carbocycles. The molecule has 0 amide bonds. The van der Waals surface area contributed by atoms with E-state index in [1.165, 1.54) is 0 Å². The van der Waals surface area contributed by atoms with Gasteiger partial charge >= 0.3 is 0 Å². The molecule has 1 N–H and O–H groups in total. The average Bonchev–Trinajstić information content (AvgIpc) is 2.40. The summed E-state index contributed by atoms with van der Waals surface area (Å²) in [6.45, 7) is 5.96. The first-order valence-corrected chi connectivity index (χ1v) is 7.52. The highest BCUT2D eigenvalue weighted by Gasteiger charge is 2.17. The highest BCUT2D eigenvalue weighted by molar-refractivity contribution is 9.10. The van der Waals surface area contributed by atoms with E-state index in [2.05, 4.69) is 27.8 Å². The van der Waals surface area contributed by atoms with Crippen LogP contribution in [0, 0.1) is 0 Å². The molecule has 0 aliphatic heterocycles.